The van der Waals surface area contributed by atoms with Crippen LogP contribution in [0.3, 0.4) is 0 Å². The highest BCUT2D eigenvalue weighted by Gasteiger charge is 2.31. The van der Waals surface area contributed by atoms with Gasteiger partial charge in [-0.25, -0.2) is 13.2 Å². The fraction of sp³-hybridized carbons (Fsp3) is 0.619. The molecule has 1 aromatic carbocycles. The molecule has 24 heavy (non-hydrogen) atoms. The number of hydrogen-bond acceptors (Lipinski definition) is 0. The summed E-state index contributed by atoms with van der Waals surface area (Å²) >= 11 is 0. The summed E-state index contributed by atoms with van der Waals surface area (Å²) in [6, 6.07) is 2.16. The quantitative estimate of drug-likeness (QED) is 0.499. The van der Waals surface area contributed by atoms with Crippen molar-refractivity contribution in [1.82, 2.24) is 0 Å². The summed E-state index contributed by atoms with van der Waals surface area (Å²) in [5.41, 5.74) is 1.16. The van der Waals surface area contributed by atoms with E-state index in [1.54, 1.807) is 0 Å². The fourth-order valence-corrected chi connectivity index (χ4v) is 4.67. The number of hydrogen-bond donors (Lipinski definition) is 0. The molecule has 0 bridgehead atoms. The summed E-state index contributed by atoms with van der Waals surface area (Å²) in [4.78, 5) is 0. The first-order chi connectivity index (χ1) is 11.5. The molecule has 0 nitrogen and oxygen atoms in total. The van der Waals surface area contributed by atoms with E-state index in [0.717, 1.165) is 48.3 Å². The van der Waals surface area contributed by atoms with Crippen molar-refractivity contribution in [2.75, 3.05) is 0 Å². The van der Waals surface area contributed by atoms with Crippen LogP contribution in [-0.2, 0) is 0 Å². The van der Waals surface area contributed by atoms with Gasteiger partial charge in [0.15, 0.2) is 17.5 Å². The minimum atomic E-state index is -1.40. The number of allylic oxidation sites excluding steroid dienone is 1. The first kappa shape index (κ1) is 17.6. The van der Waals surface area contributed by atoms with E-state index in [2.05, 4.69) is 13.5 Å². The molecular weight excluding hydrogens is 309 g/mol. The molecule has 0 N–H and O–H groups in total. The molecule has 3 rings (SSSR count). The molecule has 138 valence electrons. The van der Waals surface area contributed by atoms with Gasteiger partial charge in [0.25, 0.3) is 0 Å². The van der Waals surface area contributed by atoms with E-state index in [0.29, 0.717) is 5.56 Å². The van der Waals surface area contributed by atoms with Gasteiger partial charge in [-0.2, -0.15) is 0 Å². The van der Waals surface area contributed by atoms with Crippen LogP contribution in [0.2, 0.25) is 0 Å². The molecule has 2 aliphatic carbocycles. The normalized spacial score (nSPS) is 31.0. The van der Waals surface area contributed by atoms with Crippen LogP contribution in [0.5, 0.6) is 0 Å². The first-order valence-electron chi connectivity index (χ1n) is 9.29. The van der Waals surface area contributed by atoms with Gasteiger partial charge in [0.05, 0.1) is 0 Å². The summed E-state index contributed by atoms with van der Waals surface area (Å²) in [6.45, 7) is 6.40. The molecule has 0 spiro atoms. The Kier molecular flexibility index (Phi) is 5.36. The van der Waals surface area contributed by atoms with Crippen molar-refractivity contribution in [3.63, 3.8) is 0 Å². The van der Waals surface area contributed by atoms with Crippen molar-refractivity contribution in [3.8, 4) is 0 Å². The molecule has 0 radical (unpaired) electrons. The molecule has 0 aromatic heterocycles. The van der Waals surface area contributed by atoms with Crippen LogP contribution in [0, 0.1) is 41.1 Å². The van der Waals surface area contributed by atoms with Crippen LogP contribution in [0.15, 0.2) is 18.7 Å². The Morgan fingerprint density at radius 3 is 1.83 bits per heavy atom. The topological polar surface area (TPSA) is 0 Å². The van der Waals surface area contributed by atoms with Gasteiger partial charge in [0.1, 0.15) is 0 Å². The van der Waals surface area contributed by atoms with Crippen LogP contribution in [0.25, 0.3) is 5.57 Å². The fourth-order valence-electron chi connectivity index (χ4n) is 4.67. The van der Waals surface area contributed by atoms with Gasteiger partial charge in [0.2, 0.25) is 0 Å². The van der Waals surface area contributed by atoms with Crippen molar-refractivity contribution in [2.24, 2.45) is 23.7 Å². The SMILES string of the molecule is C=C(c1cc(F)c(F)c(F)c1)C1CCC(C2CCC(C)CC2)CC1.[HH].[HH].[HH]. The second-order valence-electron chi connectivity index (χ2n) is 7.91. The zero-order chi connectivity index (χ0) is 17.3. The van der Waals surface area contributed by atoms with Gasteiger partial charge >= 0.3 is 0 Å². The summed E-state index contributed by atoms with van der Waals surface area (Å²) < 4.78 is 40.0. The highest BCUT2D eigenvalue weighted by atomic mass is 19.2. The van der Waals surface area contributed by atoms with Crippen LogP contribution in [0.4, 0.5) is 13.2 Å². The minimum absolute atomic E-state index is 0. The number of rotatable bonds is 3. The molecule has 2 fully saturated rings. The smallest absolute Gasteiger partial charge is 0.194 e. The average molecular weight is 342 g/mol. The third kappa shape index (κ3) is 3.70. The lowest BCUT2D eigenvalue weighted by atomic mass is 9.68. The van der Waals surface area contributed by atoms with Crippen molar-refractivity contribution in [1.29, 1.82) is 0 Å². The van der Waals surface area contributed by atoms with E-state index in [9.17, 15) is 13.2 Å². The van der Waals surface area contributed by atoms with E-state index in [1.165, 1.54) is 38.5 Å². The van der Waals surface area contributed by atoms with Gasteiger partial charge < -0.3 is 0 Å². The maximum Gasteiger partial charge on any atom is 0.194 e. The van der Waals surface area contributed by atoms with Crippen LogP contribution >= 0.6 is 0 Å². The molecule has 0 aliphatic heterocycles. The molecule has 0 saturated heterocycles. The van der Waals surface area contributed by atoms with Gasteiger partial charge in [-0.3, -0.25) is 0 Å². The lowest BCUT2D eigenvalue weighted by Gasteiger charge is -2.37. The third-order valence-corrected chi connectivity index (χ3v) is 6.35. The summed E-state index contributed by atoms with van der Waals surface area (Å²) in [7, 11) is 0. The van der Waals surface area contributed by atoms with Crippen LogP contribution in [0.1, 0.15) is 68.1 Å². The molecule has 3 heteroatoms. The standard InChI is InChI=1S/C21H27F3.3H2/c1-13-3-5-16(6-4-13)17-9-7-15(8-10-17)14(2)18-11-19(22)21(24)20(23)12-18;;;/h11-13,15-17H,2-10H2,1H3;3*1H. The molecule has 2 saturated carbocycles. The molecule has 0 heterocycles. The zero-order valence-electron chi connectivity index (χ0n) is 14.5. The summed E-state index contributed by atoms with van der Waals surface area (Å²) in [6.07, 6.45) is 9.81. The van der Waals surface area contributed by atoms with Crippen molar-refractivity contribution in [3.05, 3.63) is 41.7 Å². The van der Waals surface area contributed by atoms with Crippen LogP contribution in [-0.4, -0.2) is 0 Å². The van der Waals surface area contributed by atoms with Crippen molar-refractivity contribution < 1.29 is 17.5 Å². The van der Waals surface area contributed by atoms with Gasteiger partial charge in [0, 0.05) is 4.28 Å². The van der Waals surface area contributed by atoms with Gasteiger partial charge in [-0.1, -0.05) is 26.3 Å². The predicted octanol–water partition coefficient (Wildman–Crippen LogP) is 7.49. The molecular formula is C21H33F3. The Balaban J connectivity index is 0.00000225. The van der Waals surface area contributed by atoms with Crippen LogP contribution < -0.4 is 0 Å². The maximum atomic E-state index is 13.4. The first-order valence-corrected chi connectivity index (χ1v) is 9.29. The Bertz CT molecular complexity index is 582. The van der Waals surface area contributed by atoms with E-state index >= 15 is 0 Å². The molecule has 1 aromatic rings. The van der Waals surface area contributed by atoms with Crippen molar-refractivity contribution >= 4 is 5.57 Å². The predicted molar refractivity (Wildman–Crippen MR) is 98.3 cm³/mol. The number of benzene rings is 1. The van der Waals surface area contributed by atoms with E-state index < -0.39 is 17.5 Å². The highest BCUT2D eigenvalue weighted by Crippen LogP contribution is 2.44. The lowest BCUT2D eigenvalue weighted by molar-refractivity contribution is 0.162. The third-order valence-electron chi connectivity index (χ3n) is 6.35. The Hall–Kier alpha value is -1.25. The monoisotopic (exact) mass is 342 g/mol. The second kappa shape index (κ2) is 7.33. The highest BCUT2D eigenvalue weighted by molar-refractivity contribution is 5.65. The molecule has 0 amide bonds. The largest absolute Gasteiger partial charge is 0.204 e. The maximum absolute atomic E-state index is 13.4. The zero-order valence-corrected chi connectivity index (χ0v) is 14.5. The molecule has 0 atom stereocenters. The Morgan fingerprint density at radius 2 is 1.33 bits per heavy atom. The average Bonchev–Trinajstić information content (AvgIpc) is 2.59. The van der Waals surface area contributed by atoms with Crippen molar-refractivity contribution in [2.45, 2.75) is 58.3 Å². The van der Waals surface area contributed by atoms with E-state index in [-0.39, 0.29) is 10.2 Å². The lowest BCUT2D eigenvalue weighted by Crippen LogP contribution is -2.25. The molecule has 2 aliphatic rings. The van der Waals surface area contributed by atoms with E-state index in [1.807, 2.05) is 0 Å². The van der Waals surface area contributed by atoms with E-state index in [4.69, 9.17) is 0 Å². The summed E-state index contributed by atoms with van der Waals surface area (Å²) in [5, 5.41) is 0. The second-order valence-corrected chi connectivity index (χ2v) is 7.91. The number of halogens is 3. The summed E-state index contributed by atoms with van der Waals surface area (Å²) in [5.74, 6) is -0.873. The molecule has 0 unspecified atom stereocenters. The van der Waals surface area contributed by atoms with Gasteiger partial charge in [-0.05, 0) is 85.5 Å². The van der Waals surface area contributed by atoms with Gasteiger partial charge in [-0.15, -0.1) is 0 Å². The Labute approximate surface area is 147 Å². The Morgan fingerprint density at radius 1 is 0.875 bits per heavy atom. The minimum Gasteiger partial charge on any atom is -0.204 e.